The molecule has 0 aliphatic carbocycles. The van der Waals surface area contributed by atoms with Crippen molar-refractivity contribution in [2.45, 2.75) is 12.5 Å². The molecule has 2 heterocycles. The second-order valence-electron chi connectivity index (χ2n) is 6.39. The van der Waals surface area contributed by atoms with Crippen LogP contribution in [0.25, 0.3) is 16.9 Å². The van der Waals surface area contributed by atoms with E-state index in [4.69, 9.17) is 5.73 Å². The zero-order valence-corrected chi connectivity index (χ0v) is 14.3. The summed E-state index contributed by atoms with van der Waals surface area (Å²) in [6.07, 6.45) is 3.55. The maximum absolute atomic E-state index is 14.1. The quantitative estimate of drug-likeness (QED) is 0.750. The number of anilines is 2. The van der Waals surface area contributed by atoms with Crippen LogP contribution >= 0.6 is 0 Å². The number of hydrogen-bond acceptors (Lipinski definition) is 4. The molecule has 1 aliphatic heterocycles. The lowest BCUT2D eigenvalue weighted by molar-refractivity contribution is 0.623. The summed E-state index contributed by atoms with van der Waals surface area (Å²) in [5.74, 6) is 0.622. The van der Waals surface area contributed by atoms with Crippen LogP contribution in [0.15, 0.2) is 71.8 Å². The first-order valence-corrected chi connectivity index (χ1v) is 8.20. The fourth-order valence-corrected chi connectivity index (χ4v) is 3.03. The van der Waals surface area contributed by atoms with Gasteiger partial charge in [-0.3, -0.25) is 4.57 Å². The number of nitrogens with zero attached hydrogens (tertiary/aromatic N) is 3. The molecule has 1 atom stereocenters. The van der Waals surface area contributed by atoms with E-state index in [0.717, 1.165) is 11.0 Å². The van der Waals surface area contributed by atoms with Crippen molar-refractivity contribution in [2.24, 2.45) is 4.99 Å². The Kier molecular flexibility index (Phi) is 3.61. The van der Waals surface area contributed by atoms with Crippen molar-refractivity contribution in [2.75, 3.05) is 11.1 Å². The summed E-state index contributed by atoms with van der Waals surface area (Å²) in [6, 6.07) is 14.2. The van der Waals surface area contributed by atoms with Gasteiger partial charge in [0, 0.05) is 6.21 Å². The number of para-hydroxylation sites is 3. The Bertz CT molecular complexity index is 1080. The lowest BCUT2D eigenvalue weighted by Crippen LogP contribution is -2.37. The standard InChI is InChI=1S/C20H18FN5/c1-13-12-23-18(26-17-10-6-5-9-16(17)24-19(26)22)11-20(13,2)25-15-8-4-3-7-14(15)21/h3-12,25H,1H2,2H3,(H2,22,24). The van der Waals surface area contributed by atoms with Gasteiger partial charge in [-0.25, -0.2) is 14.4 Å². The first kappa shape index (κ1) is 16.1. The topological polar surface area (TPSA) is 68.2 Å². The average molecular weight is 347 g/mol. The third-order valence-electron chi connectivity index (χ3n) is 4.52. The second-order valence-corrected chi connectivity index (χ2v) is 6.39. The van der Waals surface area contributed by atoms with Gasteiger partial charge in [0.25, 0.3) is 0 Å². The van der Waals surface area contributed by atoms with E-state index < -0.39 is 5.54 Å². The highest BCUT2D eigenvalue weighted by Crippen LogP contribution is 2.32. The van der Waals surface area contributed by atoms with Crippen LogP contribution in [-0.2, 0) is 0 Å². The van der Waals surface area contributed by atoms with Gasteiger partial charge >= 0.3 is 0 Å². The number of nitrogens with one attached hydrogen (secondary N) is 1. The van der Waals surface area contributed by atoms with Gasteiger partial charge < -0.3 is 11.1 Å². The molecule has 0 radical (unpaired) electrons. The second kappa shape index (κ2) is 5.84. The number of imidazole rings is 1. The minimum absolute atomic E-state index is 0.327. The number of hydrogen-bond donors (Lipinski definition) is 2. The van der Waals surface area contributed by atoms with E-state index in [2.05, 4.69) is 21.9 Å². The number of benzene rings is 2. The summed E-state index contributed by atoms with van der Waals surface area (Å²) >= 11 is 0. The van der Waals surface area contributed by atoms with Gasteiger partial charge in [0.1, 0.15) is 11.6 Å². The van der Waals surface area contributed by atoms with Gasteiger partial charge in [-0.1, -0.05) is 30.8 Å². The van der Waals surface area contributed by atoms with Crippen LogP contribution in [0.4, 0.5) is 16.0 Å². The Morgan fingerprint density at radius 1 is 1.15 bits per heavy atom. The molecule has 2 aromatic carbocycles. The van der Waals surface area contributed by atoms with Gasteiger partial charge in [0.2, 0.25) is 5.95 Å². The molecular weight excluding hydrogens is 329 g/mol. The molecule has 1 aromatic heterocycles. The maximum Gasteiger partial charge on any atom is 0.207 e. The van der Waals surface area contributed by atoms with E-state index in [1.54, 1.807) is 29.0 Å². The van der Waals surface area contributed by atoms with E-state index >= 15 is 0 Å². The average Bonchev–Trinajstić information content (AvgIpc) is 2.95. The number of aliphatic imine (C=N–C) groups is 1. The van der Waals surface area contributed by atoms with Gasteiger partial charge in [-0.05, 0) is 42.8 Å². The van der Waals surface area contributed by atoms with Crippen LogP contribution in [0.5, 0.6) is 0 Å². The SMILES string of the molecule is C=C1C=NC(n2c(N)nc3ccccc32)=CC1(C)Nc1ccccc1F. The molecule has 0 fully saturated rings. The molecule has 0 saturated heterocycles. The van der Waals surface area contributed by atoms with Crippen molar-refractivity contribution < 1.29 is 4.39 Å². The third kappa shape index (κ3) is 2.56. The third-order valence-corrected chi connectivity index (χ3v) is 4.52. The molecule has 1 aliphatic rings. The maximum atomic E-state index is 14.1. The Labute approximate surface area is 150 Å². The molecule has 130 valence electrons. The minimum atomic E-state index is -0.725. The normalized spacial score (nSPS) is 19.6. The van der Waals surface area contributed by atoms with Crippen molar-refractivity contribution in [1.82, 2.24) is 9.55 Å². The zero-order chi connectivity index (χ0) is 18.3. The number of halogens is 1. The molecule has 4 rings (SSSR count). The number of fused-ring (bicyclic) bond motifs is 1. The van der Waals surface area contributed by atoms with Crippen LogP contribution in [0.2, 0.25) is 0 Å². The van der Waals surface area contributed by atoms with Crippen LogP contribution in [0.1, 0.15) is 6.92 Å². The summed E-state index contributed by atoms with van der Waals surface area (Å²) in [6.45, 7) is 5.98. The van der Waals surface area contributed by atoms with Crippen LogP contribution in [-0.4, -0.2) is 21.3 Å². The highest BCUT2D eigenvalue weighted by atomic mass is 19.1. The monoisotopic (exact) mass is 347 g/mol. The molecule has 1 unspecified atom stereocenters. The zero-order valence-electron chi connectivity index (χ0n) is 14.3. The van der Waals surface area contributed by atoms with Crippen molar-refractivity contribution in [3.63, 3.8) is 0 Å². The summed E-state index contributed by atoms with van der Waals surface area (Å²) in [7, 11) is 0. The summed E-state index contributed by atoms with van der Waals surface area (Å²) in [4.78, 5) is 8.85. The molecular formula is C20H18FN5. The van der Waals surface area contributed by atoms with Crippen LogP contribution in [0.3, 0.4) is 0 Å². The Morgan fingerprint density at radius 3 is 2.69 bits per heavy atom. The largest absolute Gasteiger partial charge is 0.370 e. The van der Waals surface area contributed by atoms with Gasteiger partial charge in [0.15, 0.2) is 0 Å². The van der Waals surface area contributed by atoms with E-state index in [1.807, 2.05) is 37.3 Å². The van der Waals surface area contributed by atoms with Crippen molar-refractivity contribution in [1.29, 1.82) is 0 Å². The van der Waals surface area contributed by atoms with Gasteiger partial charge in [0.05, 0.1) is 22.3 Å². The highest BCUT2D eigenvalue weighted by Gasteiger charge is 2.30. The summed E-state index contributed by atoms with van der Waals surface area (Å²) < 4.78 is 15.9. The lowest BCUT2D eigenvalue weighted by atomic mass is 9.91. The fourth-order valence-electron chi connectivity index (χ4n) is 3.03. The van der Waals surface area contributed by atoms with Gasteiger partial charge in [-0.2, -0.15) is 0 Å². The van der Waals surface area contributed by atoms with Crippen LogP contribution < -0.4 is 11.1 Å². The smallest absolute Gasteiger partial charge is 0.207 e. The number of rotatable bonds is 3. The first-order chi connectivity index (χ1) is 12.5. The number of nitrogens with two attached hydrogens (primary N) is 1. The molecule has 3 aromatic rings. The van der Waals surface area contributed by atoms with Crippen LogP contribution in [0, 0.1) is 5.82 Å². The van der Waals surface area contributed by atoms with Gasteiger partial charge in [-0.15, -0.1) is 0 Å². The van der Waals surface area contributed by atoms with Crippen molar-refractivity contribution >= 4 is 34.7 Å². The van der Waals surface area contributed by atoms with E-state index in [9.17, 15) is 4.39 Å². The number of aromatic nitrogens is 2. The molecule has 3 N–H and O–H groups in total. The highest BCUT2D eigenvalue weighted by molar-refractivity contribution is 5.92. The predicted octanol–water partition coefficient (Wildman–Crippen LogP) is 4.07. The Balaban J connectivity index is 1.81. The first-order valence-electron chi connectivity index (χ1n) is 8.20. The molecule has 6 heteroatoms. The molecule has 0 saturated carbocycles. The van der Waals surface area contributed by atoms with Crippen molar-refractivity contribution in [3.05, 3.63) is 72.6 Å². The number of nitrogen functional groups attached to an aromatic ring is 1. The minimum Gasteiger partial charge on any atom is -0.370 e. The molecule has 0 amide bonds. The summed E-state index contributed by atoms with van der Waals surface area (Å²) in [5, 5.41) is 3.22. The fraction of sp³-hybridized carbons (Fsp3) is 0.100. The van der Waals surface area contributed by atoms with E-state index in [0.29, 0.717) is 23.0 Å². The summed E-state index contributed by atoms with van der Waals surface area (Å²) in [5.41, 5.74) is 8.14. The molecule has 0 spiro atoms. The Morgan fingerprint density at radius 2 is 1.88 bits per heavy atom. The Hall–Kier alpha value is -3.41. The molecule has 26 heavy (non-hydrogen) atoms. The molecule has 0 bridgehead atoms. The predicted molar refractivity (Wildman–Crippen MR) is 104 cm³/mol. The van der Waals surface area contributed by atoms with E-state index in [-0.39, 0.29) is 5.82 Å². The van der Waals surface area contributed by atoms with Crippen molar-refractivity contribution in [3.8, 4) is 0 Å². The van der Waals surface area contributed by atoms with E-state index in [1.165, 1.54) is 6.07 Å². The lowest BCUT2D eigenvalue weighted by Gasteiger charge is -2.32. The molecule has 5 nitrogen and oxygen atoms in total.